The Kier molecular flexibility index (Phi) is 4.66. The first-order chi connectivity index (χ1) is 7.75. The second-order valence-corrected chi connectivity index (χ2v) is 5.86. The summed E-state index contributed by atoms with van der Waals surface area (Å²) in [5.41, 5.74) is 0. The number of ether oxygens (including phenoxy) is 1. The van der Waals surface area contributed by atoms with Gasteiger partial charge in [-0.3, -0.25) is 0 Å². The van der Waals surface area contributed by atoms with E-state index in [1.807, 2.05) is 0 Å². The molecule has 94 valence electrons. The number of rotatable bonds is 3. The van der Waals surface area contributed by atoms with Crippen LogP contribution in [0.1, 0.15) is 58.3 Å². The van der Waals surface area contributed by atoms with Crippen molar-refractivity contribution in [1.29, 1.82) is 0 Å². The van der Waals surface area contributed by atoms with Crippen molar-refractivity contribution in [2.24, 2.45) is 11.8 Å². The molecule has 3 atom stereocenters. The first-order valence-electron chi connectivity index (χ1n) is 7.05. The first kappa shape index (κ1) is 12.4. The maximum atomic E-state index is 9.89. The second-order valence-electron chi connectivity index (χ2n) is 5.86. The van der Waals surface area contributed by atoms with E-state index in [0.29, 0.717) is 0 Å². The van der Waals surface area contributed by atoms with Gasteiger partial charge in [0.2, 0.25) is 0 Å². The van der Waals surface area contributed by atoms with Crippen LogP contribution < -0.4 is 0 Å². The van der Waals surface area contributed by atoms with Gasteiger partial charge in [0.1, 0.15) is 0 Å². The fourth-order valence-corrected chi connectivity index (χ4v) is 3.11. The summed E-state index contributed by atoms with van der Waals surface area (Å²) in [6.45, 7) is 3.15. The molecule has 3 unspecified atom stereocenters. The molecule has 1 N–H and O–H groups in total. The van der Waals surface area contributed by atoms with Crippen LogP contribution in [-0.4, -0.2) is 23.9 Å². The second kappa shape index (κ2) is 6.02. The van der Waals surface area contributed by atoms with Gasteiger partial charge in [0.25, 0.3) is 0 Å². The maximum Gasteiger partial charge on any atom is 0.0836 e. The van der Waals surface area contributed by atoms with Gasteiger partial charge in [-0.2, -0.15) is 0 Å². The third-order valence-electron chi connectivity index (χ3n) is 4.29. The lowest BCUT2D eigenvalue weighted by molar-refractivity contribution is -0.0815. The van der Waals surface area contributed by atoms with Crippen molar-refractivity contribution in [2.45, 2.75) is 70.5 Å². The summed E-state index contributed by atoms with van der Waals surface area (Å²) in [6.07, 6.45) is 9.85. The summed E-state index contributed by atoms with van der Waals surface area (Å²) in [6, 6.07) is 0. The Morgan fingerprint density at radius 2 is 1.81 bits per heavy atom. The van der Waals surface area contributed by atoms with Crippen LogP contribution >= 0.6 is 0 Å². The minimum absolute atomic E-state index is 0.116. The lowest BCUT2D eigenvalue weighted by Crippen LogP contribution is -2.36. The van der Waals surface area contributed by atoms with E-state index in [0.717, 1.165) is 37.7 Å². The Bertz CT molecular complexity index is 199. The summed E-state index contributed by atoms with van der Waals surface area (Å²) < 4.78 is 5.96. The molecule has 2 aliphatic rings. The standard InChI is InChI=1S/C14H26O2/c1-11-7-8-13(15)14(9-11)16-10-12-5-3-2-4-6-12/h11-15H,2-10H2,1H3. The molecular formula is C14H26O2. The number of aliphatic hydroxyl groups is 1. The molecular weight excluding hydrogens is 200 g/mol. The molecule has 0 aromatic heterocycles. The molecule has 0 saturated heterocycles. The quantitative estimate of drug-likeness (QED) is 0.801. The molecule has 0 spiro atoms. The predicted molar refractivity (Wildman–Crippen MR) is 65.3 cm³/mol. The fourth-order valence-electron chi connectivity index (χ4n) is 3.11. The molecule has 0 heterocycles. The molecule has 0 aliphatic heterocycles. The Morgan fingerprint density at radius 3 is 2.56 bits per heavy atom. The summed E-state index contributed by atoms with van der Waals surface area (Å²) in [4.78, 5) is 0. The van der Waals surface area contributed by atoms with Crippen molar-refractivity contribution in [3.8, 4) is 0 Å². The third-order valence-corrected chi connectivity index (χ3v) is 4.29. The minimum atomic E-state index is -0.209. The summed E-state index contributed by atoms with van der Waals surface area (Å²) in [5, 5.41) is 9.89. The zero-order chi connectivity index (χ0) is 11.4. The van der Waals surface area contributed by atoms with Crippen molar-refractivity contribution in [2.75, 3.05) is 6.61 Å². The molecule has 2 fully saturated rings. The highest BCUT2D eigenvalue weighted by molar-refractivity contribution is 4.79. The van der Waals surface area contributed by atoms with E-state index in [-0.39, 0.29) is 12.2 Å². The highest BCUT2D eigenvalue weighted by atomic mass is 16.5. The van der Waals surface area contributed by atoms with Crippen LogP contribution in [0.25, 0.3) is 0 Å². The van der Waals surface area contributed by atoms with Crippen molar-refractivity contribution in [3.63, 3.8) is 0 Å². The van der Waals surface area contributed by atoms with Crippen LogP contribution in [-0.2, 0) is 4.74 Å². The Labute approximate surface area is 99.4 Å². The number of aliphatic hydroxyl groups excluding tert-OH is 1. The topological polar surface area (TPSA) is 29.5 Å². The lowest BCUT2D eigenvalue weighted by atomic mass is 9.86. The maximum absolute atomic E-state index is 9.89. The van der Waals surface area contributed by atoms with Crippen molar-refractivity contribution >= 4 is 0 Å². The number of hydrogen-bond donors (Lipinski definition) is 1. The smallest absolute Gasteiger partial charge is 0.0836 e. The Hall–Kier alpha value is -0.0800. The zero-order valence-corrected chi connectivity index (χ0v) is 10.5. The first-order valence-corrected chi connectivity index (χ1v) is 7.05. The van der Waals surface area contributed by atoms with Crippen molar-refractivity contribution in [3.05, 3.63) is 0 Å². The van der Waals surface area contributed by atoms with E-state index in [9.17, 15) is 5.11 Å². The van der Waals surface area contributed by atoms with Gasteiger partial charge in [-0.05, 0) is 43.9 Å². The van der Waals surface area contributed by atoms with E-state index < -0.39 is 0 Å². The zero-order valence-electron chi connectivity index (χ0n) is 10.5. The van der Waals surface area contributed by atoms with Crippen LogP contribution in [0.15, 0.2) is 0 Å². The largest absolute Gasteiger partial charge is 0.390 e. The van der Waals surface area contributed by atoms with E-state index in [1.165, 1.54) is 32.1 Å². The Balaban J connectivity index is 1.71. The van der Waals surface area contributed by atoms with Crippen molar-refractivity contribution < 1.29 is 9.84 Å². The molecule has 0 aromatic carbocycles. The summed E-state index contributed by atoms with van der Waals surface area (Å²) >= 11 is 0. The lowest BCUT2D eigenvalue weighted by Gasteiger charge is -2.33. The van der Waals surface area contributed by atoms with Gasteiger partial charge in [0.15, 0.2) is 0 Å². The van der Waals surface area contributed by atoms with Crippen LogP contribution in [0.2, 0.25) is 0 Å². The molecule has 16 heavy (non-hydrogen) atoms. The predicted octanol–water partition coefficient (Wildman–Crippen LogP) is 3.13. The van der Waals surface area contributed by atoms with Gasteiger partial charge in [-0.15, -0.1) is 0 Å². The molecule has 0 aromatic rings. The van der Waals surface area contributed by atoms with Gasteiger partial charge in [-0.25, -0.2) is 0 Å². The normalized spacial score (nSPS) is 37.5. The molecule has 0 bridgehead atoms. The van der Waals surface area contributed by atoms with Gasteiger partial charge in [-0.1, -0.05) is 26.2 Å². The van der Waals surface area contributed by atoms with Gasteiger partial charge in [0.05, 0.1) is 12.2 Å². The fraction of sp³-hybridized carbons (Fsp3) is 1.00. The van der Waals surface area contributed by atoms with Crippen LogP contribution in [0.4, 0.5) is 0 Å². The van der Waals surface area contributed by atoms with Crippen LogP contribution in [0, 0.1) is 11.8 Å². The van der Waals surface area contributed by atoms with E-state index >= 15 is 0 Å². The molecule has 0 amide bonds. The monoisotopic (exact) mass is 226 g/mol. The Morgan fingerprint density at radius 1 is 1.06 bits per heavy atom. The minimum Gasteiger partial charge on any atom is -0.390 e. The van der Waals surface area contributed by atoms with E-state index in [2.05, 4.69) is 6.92 Å². The SMILES string of the molecule is CC1CCC(O)C(OCC2CCCCC2)C1. The highest BCUT2D eigenvalue weighted by Gasteiger charge is 2.28. The van der Waals surface area contributed by atoms with Crippen molar-refractivity contribution in [1.82, 2.24) is 0 Å². The van der Waals surface area contributed by atoms with Crippen LogP contribution in [0.5, 0.6) is 0 Å². The molecule has 2 saturated carbocycles. The summed E-state index contributed by atoms with van der Waals surface area (Å²) in [5.74, 6) is 1.48. The van der Waals surface area contributed by atoms with Gasteiger partial charge in [0, 0.05) is 6.61 Å². The van der Waals surface area contributed by atoms with Crippen LogP contribution in [0.3, 0.4) is 0 Å². The highest BCUT2D eigenvalue weighted by Crippen LogP contribution is 2.29. The van der Waals surface area contributed by atoms with E-state index in [1.54, 1.807) is 0 Å². The van der Waals surface area contributed by atoms with E-state index in [4.69, 9.17) is 4.74 Å². The number of hydrogen-bond acceptors (Lipinski definition) is 2. The molecule has 2 nitrogen and oxygen atoms in total. The van der Waals surface area contributed by atoms with Gasteiger partial charge < -0.3 is 9.84 Å². The van der Waals surface area contributed by atoms with Gasteiger partial charge >= 0.3 is 0 Å². The molecule has 2 heteroatoms. The average molecular weight is 226 g/mol. The molecule has 0 radical (unpaired) electrons. The molecule has 2 rings (SSSR count). The third kappa shape index (κ3) is 3.46. The molecule has 2 aliphatic carbocycles. The summed E-state index contributed by atoms with van der Waals surface area (Å²) in [7, 11) is 0. The average Bonchev–Trinajstić information content (AvgIpc) is 2.32.